The Bertz CT molecular complexity index is 874. The van der Waals surface area contributed by atoms with Crippen LogP contribution in [0.5, 0.6) is 5.75 Å². The summed E-state index contributed by atoms with van der Waals surface area (Å²) in [5.41, 5.74) is 2.63. The van der Waals surface area contributed by atoms with E-state index in [9.17, 15) is 9.18 Å². The lowest BCUT2D eigenvalue weighted by Gasteiger charge is -2.13. The van der Waals surface area contributed by atoms with Crippen LogP contribution in [-0.4, -0.2) is 17.2 Å². The van der Waals surface area contributed by atoms with E-state index in [2.05, 4.69) is 10.5 Å². The van der Waals surface area contributed by atoms with Crippen molar-refractivity contribution in [1.29, 1.82) is 0 Å². The third-order valence-corrected chi connectivity index (χ3v) is 3.61. The lowest BCUT2D eigenvalue weighted by molar-refractivity contribution is -0.122. The molecule has 3 rings (SSSR count). The maximum Gasteiger partial charge on any atom is 0.267 e. The maximum atomic E-state index is 13.6. The summed E-state index contributed by atoms with van der Waals surface area (Å²) in [5, 5.41) is 6.50. The highest BCUT2D eigenvalue weighted by atomic mass is 19.1. The van der Waals surface area contributed by atoms with E-state index in [-0.39, 0.29) is 11.6 Å². The minimum Gasteiger partial charge on any atom is -0.478 e. The quantitative estimate of drug-likeness (QED) is 0.756. The average molecular weight is 340 g/mol. The second kappa shape index (κ2) is 7.17. The molecule has 1 heterocycles. The minimum absolute atomic E-state index is 0.0167. The molecular weight excluding hydrogens is 323 g/mol. The second-order valence-electron chi connectivity index (χ2n) is 5.62. The van der Waals surface area contributed by atoms with Gasteiger partial charge in [0.25, 0.3) is 5.91 Å². The van der Waals surface area contributed by atoms with Gasteiger partial charge < -0.3 is 9.26 Å². The number of benzene rings is 2. The zero-order valence-electron chi connectivity index (χ0n) is 13.8. The number of ether oxygens (including phenoxy) is 1. The molecule has 6 heteroatoms. The highest BCUT2D eigenvalue weighted by molar-refractivity contribution is 5.93. The minimum atomic E-state index is -0.898. The van der Waals surface area contributed by atoms with Gasteiger partial charge in [0.2, 0.25) is 5.88 Å². The van der Waals surface area contributed by atoms with Crippen molar-refractivity contribution in [2.75, 3.05) is 5.32 Å². The molecule has 1 aromatic heterocycles. The Labute approximate surface area is 144 Å². The number of nitrogens with one attached hydrogen (secondary N) is 1. The van der Waals surface area contributed by atoms with E-state index in [4.69, 9.17) is 9.26 Å². The SMILES string of the molecule is Cc1ccc(-c2cc(NC(=O)[C@H](C)Oc3ccccc3F)on2)cc1. The van der Waals surface area contributed by atoms with Gasteiger partial charge in [0.1, 0.15) is 5.69 Å². The third kappa shape index (κ3) is 4.03. The predicted octanol–water partition coefficient (Wildman–Crippen LogP) is 4.20. The summed E-state index contributed by atoms with van der Waals surface area (Å²) in [6, 6.07) is 15.3. The Kier molecular flexibility index (Phi) is 4.79. The third-order valence-electron chi connectivity index (χ3n) is 3.61. The van der Waals surface area contributed by atoms with Crippen molar-refractivity contribution in [3.63, 3.8) is 0 Å². The number of nitrogens with zero attached hydrogens (tertiary/aromatic N) is 1. The molecule has 2 aromatic carbocycles. The zero-order chi connectivity index (χ0) is 17.8. The first-order chi connectivity index (χ1) is 12.0. The molecule has 0 unspecified atom stereocenters. The molecule has 25 heavy (non-hydrogen) atoms. The molecular formula is C19H17FN2O3. The van der Waals surface area contributed by atoms with Crippen LogP contribution in [0.15, 0.2) is 59.1 Å². The van der Waals surface area contributed by atoms with Crippen LogP contribution in [0.3, 0.4) is 0 Å². The van der Waals surface area contributed by atoms with Crippen molar-refractivity contribution in [3.8, 4) is 17.0 Å². The summed E-state index contributed by atoms with van der Waals surface area (Å²) in [7, 11) is 0. The number of anilines is 1. The number of para-hydroxylation sites is 1. The van der Waals surface area contributed by atoms with Gasteiger partial charge in [-0.2, -0.15) is 0 Å². The van der Waals surface area contributed by atoms with Gasteiger partial charge in [0, 0.05) is 11.6 Å². The Balaban J connectivity index is 1.65. The molecule has 0 aliphatic heterocycles. The molecule has 3 aromatic rings. The number of amides is 1. The molecule has 0 radical (unpaired) electrons. The van der Waals surface area contributed by atoms with E-state index in [0.717, 1.165) is 11.1 Å². The number of aromatic nitrogens is 1. The molecule has 1 atom stereocenters. The highest BCUT2D eigenvalue weighted by Gasteiger charge is 2.18. The summed E-state index contributed by atoms with van der Waals surface area (Å²) in [5.74, 6) is -0.772. The largest absolute Gasteiger partial charge is 0.478 e. The van der Waals surface area contributed by atoms with Crippen LogP contribution in [0.1, 0.15) is 12.5 Å². The first-order valence-corrected chi connectivity index (χ1v) is 7.79. The monoisotopic (exact) mass is 340 g/mol. The standard InChI is InChI=1S/C19H17FN2O3/c1-12-7-9-14(10-8-12)16-11-18(25-22-16)21-19(23)13(2)24-17-6-4-3-5-15(17)20/h3-11,13H,1-2H3,(H,21,23)/t13-/m0/s1. The Morgan fingerprint density at radius 2 is 1.92 bits per heavy atom. The molecule has 1 N–H and O–H groups in total. The van der Waals surface area contributed by atoms with Crippen LogP contribution in [0, 0.1) is 12.7 Å². The number of hydrogen-bond acceptors (Lipinski definition) is 4. The molecule has 1 amide bonds. The molecule has 0 aliphatic carbocycles. The normalized spacial score (nSPS) is 11.8. The Morgan fingerprint density at radius 1 is 1.20 bits per heavy atom. The molecule has 0 aliphatic rings. The number of carbonyl (C=O) groups is 1. The van der Waals surface area contributed by atoms with E-state index in [1.54, 1.807) is 18.2 Å². The summed E-state index contributed by atoms with van der Waals surface area (Å²) >= 11 is 0. The molecule has 128 valence electrons. The maximum absolute atomic E-state index is 13.6. The van der Waals surface area contributed by atoms with E-state index in [1.165, 1.54) is 19.1 Å². The summed E-state index contributed by atoms with van der Waals surface area (Å²) in [6.07, 6.45) is -0.898. The van der Waals surface area contributed by atoms with Crippen LogP contribution >= 0.6 is 0 Å². The lowest BCUT2D eigenvalue weighted by Crippen LogP contribution is -2.30. The van der Waals surface area contributed by atoms with Crippen LogP contribution < -0.4 is 10.1 Å². The van der Waals surface area contributed by atoms with Gasteiger partial charge in [0.05, 0.1) is 0 Å². The van der Waals surface area contributed by atoms with Crippen molar-refractivity contribution in [1.82, 2.24) is 5.16 Å². The lowest BCUT2D eigenvalue weighted by atomic mass is 10.1. The molecule has 0 saturated carbocycles. The number of rotatable bonds is 5. The number of aryl methyl sites for hydroxylation is 1. The first kappa shape index (κ1) is 16.7. The number of hydrogen-bond donors (Lipinski definition) is 1. The molecule has 0 saturated heterocycles. The number of halogens is 1. The van der Waals surface area contributed by atoms with E-state index >= 15 is 0 Å². The summed E-state index contributed by atoms with van der Waals surface area (Å²) in [6.45, 7) is 3.52. The van der Waals surface area contributed by atoms with Gasteiger partial charge in [-0.25, -0.2) is 4.39 Å². The van der Waals surface area contributed by atoms with Crippen molar-refractivity contribution in [3.05, 3.63) is 66.0 Å². The van der Waals surface area contributed by atoms with Gasteiger partial charge in [-0.15, -0.1) is 0 Å². The number of carbonyl (C=O) groups excluding carboxylic acids is 1. The van der Waals surface area contributed by atoms with E-state index in [1.807, 2.05) is 31.2 Å². The smallest absolute Gasteiger partial charge is 0.267 e. The van der Waals surface area contributed by atoms with Crippen LogP contribution in [0.25, 0.3) is 11.3 Å². The Morgan fingerprint density at radius 3 is 2.64 bits per heavy atom. The van der Waals surface area contributed by atoms with Gasteiger partial charge in [0.15, 0.2) is 17.7 Å². The van der Waals surface area contributed by atoms with Crippen LogP contribution in [-0.2, 0) is 4.79 Å². The average Bonchev–Trinajstić information content (AvgIpc) is 3.06. The topological polar surface area (TPSA) is 64.4 Å². The first-order valence-electron chi connectivity index (χ1n) is 7.79. The van der Waals surface area contributed by atoms with E-state index in [0.29, 0.717) is 5.69 Å². The zero-order valence-corrected chi connectivity index (χ0v) is 13.8. The van der Waals surface area contributed by atoms with Crippen molar-refractivity contribution in [2.24, 2.45) is 0 Å². The fraction of sp³-hybridized carbons (Fsp3) is 0.158. The molecule has 0 spiro atoms. The summed E-state index contributed by atoms with van der Waals surface area (Å²) < 4.78 is 24.0. The summed E-state index contributed by atoms with van der Waals surface area (Å²) in [4.78, 5) is 12.2. The van der Waals surface area contributed by atoms with Crippen molar-refractivity contribution < 1.29 is 18.4 Å². The van der Waals surface area contributed by atoms with E-state index < -0.39 is 17.8 Å². The fourth-order valence-electron chi connectivity index (χ4n) is 2.20. The van der Waals surface area contributed by atoms with Gasteiger partial charge in [-0.3, -0.25) is 10.1 Å². The Hall–Kier alpha value is -3.15. The van der Waals surface area contributed by atoms with Gasteiger partial charge in [-0.05, 0) is 26.0 Å². The molecule has 5 nitrogen and oxygen atoms in total. The van der Waals surface area contributed by atoms with Crippen LogP contribution in [0.4, 0.5) is 10.3 Å². The fourth-order valence-corrected chi connectivity index (χ4v) is 2.20. The molecule has 0 fully saturated rings. The van der Waals surface area contributed by atoms with Gasteiger partial charge >= 0.3 is 0 Å². The van der Waals surface area contributed by atoms with Gasteiger partial charge in [-0.1, -0.05) is 47.1 Å². The highest BCUT2D eigenvalue weighted by Crippen LogP contribution is 2.22. The van der Waals surface area contributed by atoms with Crippen molar-refractivity contribution in [2.45, 2.75) is 20.0 Å². The van der Waals surface area contributed by atoms with Crippen molar-refractivity contribution >= 4 is 11.8 Å². The predicted molar refractivity (Wildman–Crippen MR) is 91.8 cm³/mol. The van der Waals surface area contributed by atoms with Crippen LogP contribution in [0.2, 0.25) is 0 Å². The molecule has 0 bridgehead atoms. The second-order valence-corrected chi connectivity index (χ2v) is 5.62.